The van der Waals surface area contributed by atoms with Crippen molar-refractivity contribution in [2.45, 2.75) is 44.5 Å². The van der Waals surface area contributed by atoms with Crippen molar-refractivity contribution in [2.75, 3.05) is 0 Å². The standard InChI is InChI=1S/C7H16O4S/c1-3-5-6(8)7(4-2)12(9,10)11/h6-8H,3-5H2,1-2H3,(H,9,10,11). The quantitative estimate of drug-likeness (QED) is 0.638. The Labute approximate surface area is 73.4 Å². The molecule has 5 heteroatoms. The van der Waals surface area contributed by atoms with E-state index >= 15 is 0 Å². The minimum atomic E-state index is -4.09. The molecule has 0 aliphatic rings. The summed E-state index contributed by atoms with van der Waals surface area (Å²) in [6.45, 7) is 3.47. The van der Waals surface area contributed by atoms with E-state index in [4.69, 9.17) is 4.55 Å². The van der Waals surface area contributed by atoms with E-state index in [2.05, 4.69) is 0 Å². The normalized spacial score (nSPS) is 17.3. The van der Waals surface area contributed by atoms with Crippen LogP contribution in [0.2, 0.25) is 0 Å². The zero-order valence-corrected chi connectivity index (χ0v) is 8.21. The Bertz CT molecular complexity index is 209. The minimum Gasteiger partial charge on any atom is -0.392 e. The topological polar surface area (TPSA) is 74.6 Å². The molecule has 0 rings (SSSR count). The van der Waals surface area contributed by atoms with Crippen LogP contribution >= 0.6 is 0 Å². The van der Waals surface area contributed by atoms with Crippen LogP contribution in [0.25, 0.3) is 0 Å². The summed E-state index contributed by atoms with van der Waals surface area (Å²) in [4.78, 5) is 0. The molecule has 0 aromatic carbocycles. The average Bonchev–Trinajstić information content (AvgIpc) is 1.85. The summed E-state index contributed by atoms with van der Waals surface area (Å²) >= 11 is 0. The Morgan fingerprint density at radius 2 is 1.83 bits per heavy atom. The van der Waals surface area contributed by atoms with Crippen molar-refractivity contribution in [3.05, 3.63) is 0 Å². The summed E-state index contributed by atoms with van der Waals surface area (Å²) < 4.78 is 30.0. The summed E-state index contributed by atoms with van der Waals surface area (Å²) in [6, 6.07) is 0. The first-order chi connectivity index (χ1) is 5.43. The molecule has 2 N–H and O–H groups in total. The van der Waals surface area contributed by atoms with Gasteiger partial charge in [0.15, 0.2) is 0 Å². The monoisotopic (exact) mass is 196 g/mol. The van der Waals surface area contributed by atoms with Crippen LogP contribution in [0.3, 0.4) is 0 Å². The molecule has 4 nitrogen and oxygen atoms in total. The Kier molecular flexibility index (Phi) is 4.74. The smallest absolute Gasteiger partial charge is 0.270 e. The summed E-state index contributed by atoms with van der Waals surface area (Å²) in [5.74, 6) is 0. The number of aliphatic hydroxyl groups is 1. The number of aliphatic hydroxyl groups excluding tert-OH is 1. The van der Waals surface area contributed by atoms with Gasteiger partial charge in [-0.2, -0.15) is 8.42 Å². The maximum atomic E-state index is 10.7. The maximum absolute atomic E-state index is 10.7. The zero-order valence-electron chi connectivity index (χ0n) is 7.40. The fourth-order valence-electron chi connectivity index (χ4n) is 1.16. The third kappa shape index (κ3) is 3.51. The SMILES string of the molecule is CCCC(O)C(CC)S(=O)(=O)O. The second-order valence-electron chi connectivity index (χ2n) is 2.82. The lowest BCUT2D eigenvalue weighted by atomic mass is 10.1. The predicted octanol–water partition coefficient (Wildman–Crippen LogP) is 0.814. The van der Waals surface area contributed by atoms with Crippen LogP contribution in [0, 0.1) is 0 Å². The van der Waals surface area contributed by atoms with E-state index in [1.807, 2.05) is 6.92 Å². The molecule has 74 valence electrons. The van der Waals surface area contributed by atoms with Gasteiger partial charge in [-0.1, -0.05) is 20.3 Å². The highest BCUT2D eigenvalue weighted by atomic mass is 32.2. The lowest BCUT2D eigenvalue weighted by Crippen LogP contribution is -2.33. The van der Waals surface area contributed by atoms with Crippen LogP contribution in [0.15, 0.2) is 0 Å². The fraction of sp³-hybridized carbons (Fsp3) is 1.00. The highest BCUT2D eigenvalue weighted by Gasteiger charge is 2.28. The third-order valence-electron chi connectivity index (χ3n) is 1.80. The van der Waals surface area contributed by atoms with Gasteiger partial charge in [0.25, 0.3) is 10.1 Å². The van der Waals surface area contributed by atoms with E-state index in [0.717, 1.165) is 0 Å². The first-order valence-corrected chi connectivity index (χ1v) is 5.58. The van der Waals surface area contributed by atoms with Crippen molar-refractivity contribution in [1.29, 1.82) is 0 Å². The number of hydrogen-bond acceptors (Lipinski definition) is 3. The lowest BCUT2D eigenvalue weighted by Gasteiger charge is -2.17. The molecule has 2 atom stereocenters. The molecule has 2 unspecified atom stereocenters. The van der Waals surface area contributed by atoms with Gasteiger partial charge in [-0.3, -0.25) is 4.55 Å². The zero-order chi connectivity index (χ0) is 9.78. The molecular formula is C7H16O4S. The molecule has 0 aliphatic carbocycles. The van der Waals surface area contributed by atoms with Gasteiger partial charge >= 0.3 is 0 Å². The van der Waals surface area contributed by atoms with Gasteiger partial charge in [0.1, 0.15) is 5.25 Å². The molecule has 0 bridgehead atoms. The summed E-state index contributed by atoms with van der Waals surface area (Å²) in [5, 5.41) is 8.28. The summed E-state index contributed by atoms with van der Waals surface area (Å²) in [5.41, 5.74) is 0. The van der Waals surface area contributed by atoms with Crippen molar-refractivity contribution < 1.29 is 18.1 Å². The molecular weight excluding hydrogens is 180 g/mol. The van der Waals surface area contributed by atoms with Crippen molar-refractivity contribution in [1.82, 2.24) is 0 Å². The molecule has 0 aromatic heterocycles. The van der Waals surface area contributed by atoms with E-state index in [0.29, 0.717) is 12.8 Å². The van der Waals surface area contributed by atoms with Crippen LogP contribution < -0.4 is 0 Å². The second-order valence-corrected chi connectivity index (χ2v) is 4.45. The van der Waals surface area contributed by atoms with Crippen molar-refractivity contribution >= 4 is 10.1 Å². The molecule has 0 saturated heterocycles. The molecule has 0 aromatic rings. The number of hydrogen-bond donors (Lipinski definition) is 2. The fourth-order valence-corrected chi connectivity index (χ4v) is 2.12. The Balaban J connectivity index is 4.35. The van der Waals surface area contributed by atoms with Gasteiger partial charge < -0.3 is 5.11 Å². The van der Waals surface area contributed by atoms with Gasteiger partial charge in [0.2, 0.25) is 0 Å². The molecule has 12 heavy (non-hydrogen) atoms. The van der Waals surface area contributed by atoms with E-state index in [9.17, 15) is 13.5 Å². The summed E-state index contributed by atoms with van der Waals surface area (Å²) in [7, 11) is -4.09. The maximum Gasteiger partial charge on any atom is 0.270 e. The van der Waals surface area contributed by atoms with E-state index in [1.54, 1.807) is 6.92 Å². The predicted molar refractivity (Wildman–Crippen MR) is 46.5 cm³/mol. The van der Waals surface area contributed by atoms with Crippen LogP contribution in [-0.4, -0.2) is 29.4 Å². The second kappa shape index (κ2) is 4.79. The van der Waals surface area contributed by atoms with Gasteiger partial charge in [-0.05, 0) is 12.8 Å². The largest absolute Gasteiger partial charge is 0.392 e. The highest BCUT2D eigenvalue weighted by Crippen LogP contribution is 2.13. The molecule has 0 spiro atoms. The Morgan fingerprint density at radius 3 is 2.08 bits per heavy atom. The highest BCUT2D eigenvalue weighted by molar-refractivity contribution is 7.86. The Morgan fingerprint density at radius 1 is 1.33 bits per heavy atom. The molecule has 0 saturated carbocycles. The summed E-state index contributed by atoms with van der Waals surface area (Å²) in [6.07, 6.45) is 0.390. The van der Waals surface area contributed by atoms with Gasteiger partial charge in [0, 0.05) is 0 Å². The van der Waals surface area contributed by atoms with Crippen LogP contribution in [-0.2, 0) is 10.1 Å². The van der Waals surface area contributed by atoms with Crippen molar-refractivity contribution in [2.24, 2.45) is 0 Å². The first kappa shape index (κ1) is 11.9. The Hall–Kier alpha value is -0.130. The van der Waals surface area contributed by atoms with Crippen LogP contribution in [0.5, 0.6) is 0 Å². The molecule has 0 heterocycles. The van der Waals surface area contributed by atoms with E-state index < -0.39 is 21.5 Å². The molecule has 0 fully saturated rings. The molecule has 0 amide bonds. The lowest BCUT2D eigenvalue weighted by molar-refractivity contribution is 0.152. The van der Waals surface area contributed by atoms with Crippen LogP contribution in [0.1, 0.15) is 33.1 Å². The van der Waals surface area contributed by atoms with Crippen molar-refractivity contribution in [3.63, 3.8) is 0 Å². The minimum absolute atomic E-state index is 0.236. The van der Waals surface area contributed by atoms with E-state index in [-0.39, 0.29) is 6.42 Å². The van der Waals surface area contributed by atoms with Gasteiger partial charge in [-0.25, -0.2) is 0 Å². The average molecular weight is 196 g/mol. The first-order valence-electron chi connectivity index (χ1n) is 4.07. The van der Waals surface area contributed by atoms with Gasteiger partial charge in [0.05, 0.1) is 6.10 Å². The number of rotatable bonds is 5. The third-order valence-corrected chi connectivity index (χ3v) is 3.21. The van der Waals surface area contributed by atoms with Crippen molar-refractivity contribution in [3.8, 4) is 0 Å². The van der Waals surface area contributed by atoms with E-state index in [1.165, 1.54) is 0 Å². The molecule has 0 radical (unpaired) electrons. The van der Waals surface area contributed by atoms with Gasteiger partial charge in [-0.15, -0.1) is 0 Å². The van der Waals surface area contributed by atoms with Crippen LogP contribution in [0.4, 0.5) is 0 Å². The molecule has 0 aliphatic heterocycles.